The van der Waals surface area contributed by atoms with Gasteiger partial charge in [-0.15, -0.1) is 11.6 Å². The van der Waals surface area contributed by atoms with E-state index in [2.05, 4.69) is 23.1 Å². The molecule has 2 nitrogen and oxygen atoms in total. The van der Waals surface area contributed by atoms with Crippen LogP contribution in [0, 0.1) is 0 Å². The molecule has 2 aliphatic heterocycles. The summed E-state index contributed by atoms with van der Waals surface area (Å²) in [6.45, 7) is 3.30. The second kappa shape index (κ2) is 6.82. The first-order valence-corrected chi connectivity index (χ1v) is 8.45. The normalized spacial score (nSPS) is 21.9. The lowest BCUT2D eigenvalue weighted by molar-refractivity contribution is 0.245. The average Bonchev–Trinajstić information content (AvgIpc) is 3.11. The van der Waals surface area contributed by atoms with Crippen molar-refractivity contribution in [2.75, 3.05) is 25.6 Å². The van der Waals surface area contributed by atoms with E-state index in [0.29, 0.717) is 0 Å². The summed E-state index contributed by atoms with van der Waals surface area (Å²) < 4.78 is 5.57. The van der Waals surface area contributed by atoms with Gasteiger partial charge >= 0.3 is 0 Å². The third-order valence-electron chi connectivity index (χ3n) is 4.61. The number of ether oxygens (including phenoxy) is 1. The second-order valence-electron chi connectivity index (χ2n) is 5.95. The molecule has 1 atom stereocenters. The fraction of sp³-hybridized carbons (Fsp3) is 0.647. The predicted octanol–water partition coefficient (Wildman–Crippen LogP) is 3.65. The van der Waals surface area contributed by atoms with Crippen LogP contribution in [0.4, 0.5) is 0 Å². The molecule has 110 valence electrons. The van der Waals surface area contributed by atoms with Gasteiger partial charge in [0.05, 0.1) is 6.61 Å². The van der Waals surface area contributed by atoms with Crippen molar-refractivity contribution < 1.29 is 4.74 Å². The largest absolute Gasteiger partial charge is 0.493 e. The Bertz CT molecular complexity index is 449. The van der Waals surface area contributed by atoms with Crippen molar-refractivity contribution in [2.24, 2.45) is 0 Å². The minimum absolute atomic E-state index is 0.770. The van der Waals surface area contributed by atoms with Gasteiger partial charge in [0.15, 0.2) is 0 Å². The van der Waals surface area contributed by atoms with Crippen molar-refractivity contribution in [1.29, 1.82) is 0 Å². The van der Waals surface area contributed by atoms with E-state index in [4.69, 9.17) is 16.3 Å². The van der Waals surface area contributed by atoms with Gasteiger partial charge in [0, 0.05) is 24.9 Å². The zero-order valence-electron chi connectivity index (χ0n) is 12.1. The zero-order chi connectivity index (χ0) is 13.8. The minimum Gasteiger partial charge on any atom is -0.493 e. The Morgan fingerprint density at radius 3 is 3.20 bits per heavy atom. The summed E-state index contributed by atoms with van der Waals surface area (Å²) in [7, 11) is 0. The number of halogens is 1. The number of alkyl halides is 1. The molecule has 0 N–H and O–H groups in total. The summed E-state index contributed by atoms with van der Waals surface area (Å²) in [6.07, 6.45) is 7.36. The van der Waals surface area contributed by atoms with Gasteiger partial charge in [0.25, 0.3) is 0 Å². The van der Waals surface area contributed by atoms with Crippen molar-refractivity contribution in [2.45, 2.75) is 44.6 Å². The van der Waals surface area contributed by atoms with E-state index in [-0.39, 0.29) is 0 Å². The molecule has 2 heterocycles. The van der Waals surface area contributed by atoms with Crippen LogP contribution >= 0.6 is 11.6 Å². The van der Waals surface area contributed by atoms with Crippen LogP contribution in [-0.2, 0) is 12.8 Å². The Morgan fingerprint density at radius 2 is 2.30 bits per heavy atom. The van der Waals surface area contributed by atoms with E-state index in [1.165, 1.54) is 43.5 Å². The van der Waals surface area contributed by atoms with Gasteiger partial charge in [-0.1, -0.05) is 12.1 Å². The topological polar surface area (TPSA) is 12.5 Å². The third-order valence-corrected chi connectivity index (χ3v) is 4.88. The maximum atomic E-state index is 5.82. The number of rotatable bonds is 6. The molecule has 1 unspecified atom stereocenters. The molecule has 1 saturated heterocycles. The van der Waals surface area contributed by atoms with Crippen LogP contribution in [0.2, 0.25) is 0 Å². The average molecular weight is 294 g/mol. The molecule has 0 aromatic heterocycles. The quantitative estimate of drug-likeness (QED) is 0.743. The maximum absolute atomic E-state index is 5.82. The fourth-order valence-electron chi connectivity index (χ4n) is 3.50. The lowest BCUT2D eigenvalue weighted by Gasteiger charge is -2.24. The van der Waals surface area contributed by atoms with Crippen molar-refractivity contribution in [3.63, 3.8) is 0 Å². The summed E-state index contributed by atoms with van der Waals surface area (Å²) >= 11 is 5.82. The van der Waals surface area contributed by atoms with Gasteiger partial charge in [-0.2, -0.15) is 0 Å². The van der Waals surface area contributed by atoms with E-state index in [0.717, 1.165) is 43.5 Å². The van der Waals surface area contributed by atoms with Crippen LogP contribution in [0.5, 0.6) is 5.75 Å². The Morgan fingerprint density at radius 1 is 1.35 bits per heavy atom. The summed E-state index contributed by atoms with van der Waals surface area (Å²) in [5.74, 6) is 1.89. The van der Waals surface area contributed by atoms with Gasteiger partial charge in [0.1, 0.15) is 5.75 Å². The molecule has 3 heteroatoms. The number of likely N-dealkylation sites (tertiary alicyclic amines) is 1. The van der Waals surface area contributed by atoms with Crippen molar-refractivity contribution in [3.8, 4) is 5.75 Å². The highest BCUT2D eigenvalue weighted by atomic mass is 35.5. The van der Waals surface area contributed by atoms with Crippen LogP contribution in [0.1, 0.15) is 36.8 Å². The van der Waals surface area contributed by atoms with E-state index in [1.54, 1.807) is 0 Å². The summed E-state index contributed by atoms with van der Waals surface area (Å²) in [6, 6.07) is 7.48. The predicted molar refractivity (Wildman–Crippen MR) is 83.9 cm³/mol. The van der Waals surface area contributed by atoms with Gasteiger partial charge in [0.2, 0.25) is 0 Å². The summed E-state index contributed by atoms with van der Waals surface area (Å²) in [5.41, 5.74) is 2.85. The number of fused-ring (bicyclic) bond motifs is 1. The molecule has 0 saturated carbocycles. The van der Waals surface area contributed by atoms with Crippen molar-refractivity contribution in [1.82, 2.24) is 4.90 Å². The van der Waals surface area contributed by atoms with Gasteiger partial charge < -0.3 is 9.64 Å². The summed E-state index contributed by atoms with van der Waals surface area (Å²) in [4.78, 5) is 2.66. The van der Waals surface area contributed by atoms with Crippen molar-refractivity contribution >= 4 is 11.6 Å². The third kappa shape index (κ3) is 3.29. The number of benzene rings is 1. The number of nitrogens with zero attached hydrogens (tertiary/aromatic N) is 1. The highest BCUT2D eigenvalue weighted by molar-refractivity contribution is 6.17. The van der Waals surface area contributed by atoms with Crippen LogP contribution in [0.25, 0.3) is 0 Å². The molecule has 20 heavy (non-hydrogen) atoms. The Kier molecular flexibility index (Phi) is 4.85. The molecular formula is C17H24ClNO. The van der Waals surface area contributed by atoms with Crippen LogP contribution < -0.4 is 4.74 Å². The molecule has 3 rings (SSSR count). The molecule has 0 spiro atoms. The van der Waals surface area contributed by atoms with Crippen molar-refractivity contribution in [3.05, 3.63) is 29.3 Å². The van der Waals surface area contributed by atoms with E-state index >= 15 is 0 Å². The smallest absolute Gasteiger partial charge is 0.122 e. The lowest BCUT2D eigenvalue weighted by atomic mass is 10.1. The Labute approximate surface area is 127 Å². The molecule has 0 aliphatic carbocycles. The molecule has 1 fully saturated rings. The molecule has 0 bridgehead atoms. The minimum atomic E-state index is 0.770. The lowest BCUT2D eigenvalue weighted by Crippen LogP contribution is -2.31. The standard InChI is InChI=1S/C17H24ClNO/c18-9-1-3-16-4-2-10-19(16)11-7-14-5-6-17-15(13-14)8-12-20-17/h5-6,13,16H,1-4,7-12H2. The highest BCUT2D eigenvalue weighted by Gasteiger charge is 2.23. The SMILES string of the molecule is ClCCCC1CCCN1CCc1ccc2c(c1)CCO2. The fourth-order valence-corrected chi connectivity index (χ4v) is 3.65. The first kappa shape index (κ1) is 14.2. The molecule has 1 aromatic carbocycles. The zero-order valence-corrected chi connectivity index (χ0v) is 12.9. The number of hydrogen-bond acceptors (Lipinski definition) is 2. The first-order valence-electron chi connectivity index (χ1n) is 7.91. The molecule has 0 amide bonds. The van der Waals surface area contributed by atoms with E-state index in [1.807, 2.05) is 0 Å². The second-order valence-corrected chi connectivity index (χ2v) is 6.33. The van der Waals surface area contributed by atoms with E-state index < -0.39 is 0 Å². The van der Waals surface area contributed by atoms with Crippen LogP contribution in [0.15, 0.2) is 18.2 Å². The van der Waals surface area contributed by atoms with Gasteiger partial charge in [-0.25, -0.2) is 0 Å². The van der Waals surface area contributed by atoms with Crippen LogP contribution in [0.3, 0.4) is 0 Å². The van der Waals surface area contributed by atoms with E-state index in [9.17, 15) is 0 Å². The molecule has 1 aromatic rings. The van der Waals surface area contributed by atoms with Crippen LogP contribution in [-0.4, -0.2) is 36.5 Å². The van der Waals surface area contributed by atoms with Gasteiger partial charge in [-0.3, -0.25) is 0 Å². The monoisotopic (exact) mass is 293 g/mol. The molecular weight excluding hydrogens is 270 g/mol. The number of hydrogen-bond donors (Lipinski definition) is 0. The molecule has 2 aliphatic rings. The first-order chi connectivity index (χ1) is 9.86. The Balaban J connectivity index is 1.53. The Hall–Kier alpha value is -0.730. The molecule has 0 radical (unpaired) electrons. The van der Waals surface area contributed by atoms with Gasteiger partial charge in [-0.05, 0) is 55.8 Å². The maximum Gasteiger partial charge on any atom is 0.122 e. The highest BCUT2D eigenvalue weighted by Crippen LogP contribution is 2.27. The summed E-state index contributed by atoms with van der Waals surface area (Å²) in [5, 5.41) is 0.